The van der Waals surface area contributed by atoms with Gasteiger partial charge < -0.3 is 10.1 Å². The fourth-order valence-electron chi connectivity index (χ4n) is 3.01. The molecule has 0 bridgehead atoms. The molecule has 26 heavy (non-hydrogen) atoms. The number of aromatic nitrogens is 4. The molecule has 3 aromatic rings. The third kappa shape index (κ3) is 2.98. The van der Waals surface area contributed by atoms with Crippen LogP contribution in [-0.2, 0) is 12.8 Å². The molecule has 138 valence electrons. The highest BCUT2D eigenvalue weighted by atomic mass is 19.4. The van der Waals surface area contributed by atoms with Gasteiger partial charge in [0.05, 0.1) is 18.2 Å². The number of halogens is 3. The van der Waals surface area contributed by atoms with E-state index in [0.29, 0.717) is 11.4 Å². The number of aliphatic hydroxyl groups excluding tert-OH is 1. The van der Waals surface area contributed by atoms with Crippen molar-refractivity contribution in [2.24, 2.45) is 0 Å². The zero-order valence-electron chi connectivity index (χ0n) is 14.3. The lowest BCUT2D eigenvalue weighted by Gasteiger charge is -2.17. The summed E-state index contributed by atoms with van der Waals surface area (Å²) in [5, 5.41) is 13.9. The van der Waals surface area contributed by atoms with Crippen molar-refractivity contribution < 1.29 is 18.3 Å². The number of nitrogens with one attached hydrogen (secondary N) is 1. The van der Waals surface area contributed by atoms with Crippen molar-refractivity contribution in [1.29, 1.82) is 0 Å². The van der Waals surface area contributed by atoms with Gasteiger partial charge in [-0.1, -0.05) is 12.1 Å². The molecule has 2 N–H and O–H groups in total. The van der Waals surface area contributed by atoms with Crippen LogP contribution in [0.15, 0.2) is 23.0 Å². The van der Waals surface area contributed by atoms with E-state index < -0.39 is 29.9 Å². The molecule has 1 aromatic carbocycles. The van der Waals surface area contributed by atoms with Crippen molar-refractivity contribution in [3.05, 3.63) is 56.8 Å². The molecule has 0 fully saturated rings. The van der Waals surface area contributed by atoms with Gasteiger partial charge in [-0.25, -0.2) is 9.67 Å². The summed E-state index contributed by atoms with van der Waals surface area (Å²) in [6, 6.07) is 3.38. The Morgan fingerprint density at radius 3 is 2.58 bits per heavy atom. The SMILES string of the molecule is Cc1nc2c(c(CO)nn2[C@H](C)c2ccc(C(F)(F)F)c(C)c2)c(=O)[nH]1. The molecule has 2 aromatic heterocycles. The number of alkyl halides is 3. The highest BCUT2D eigenvalue weighted by Gasteiger charge is 2.32. The molecule has 0 spiro atoms. The average Bonchev–Trinajstić information content (AvgIpc) is 2.91. The van der Waals surface area contributed by atoms with E-state index in [-0.39, 0.29) is 22.3 Å². The van der Waals surface area contributed by atoms with Gasteiger partial charge in [0.1, 0.15) is 16.9 Å². The van der Waals surface area contributed by atoms with Gasteiger partial charge in [0.25, 0.3) is 5.56 Å². The van der Waals surface area contributed by atoms with Crippen LogP contribution in [0, 0.1) is 13.8 Å². The number of aromatic amines is 1. The second-order valence-electron chi connectivity index (χ2n) is 6.15. The molecule has 1 atom stereocenters. The van der Waals surface area contributed by atoms with E-state index in [1.807, 2.05) is 0 Å². The van der Waals surface area contributed by atoms with Gasteiger partial charge >= 0.3 is 6.18 Å². The van der Waals surface area contributed by atoms with E-state index in [1.54, 1.807) is 13.8 Å². The van der Waals surface area contributed by atoms with Crippen molar-refractivity contribution in [2.45, 2.75) is 39.6 Å². The summed E-state index contributed by atoms with van der Waals surface area (Å²) in [5.74, 6) is 0.379. The lowest BCUT2D eigenvalue weighted by molar-refractivity contribution is -0.138. The third-order valence-electron chi connectivity index (χ3n) is 4.31. The fraction of sp³-hybridized carbons (Fsp3) is 0.353. The number of fused-ring (bicyclic) bond motifs is 1. The molecule has 6 nitrogen and oxygen atoms in total. The number of hydrogen-bond acceptors (Lipinski definition) is 4. The van der Waals surface area contributed by atoms with Crippen LogP contribution in [0.4, 0.5) is 13.2 Å². The number of nitrogens with zero attached hydrogens (tertiary/aromatic N) is 3. The van der Waals surface area contributed by atoms with E-state index >= 15 is 0 Å². The van der Waals surface area contributed by atoms with Crippen LogP contribution in [-0.4, -0.2) is 24.9 Å². The van der Waals surface area contributed by atoms with Crippen molar-refractivity contribution in [3.63, 3.8) is 0 Å². The molecule has 2 heterocycles. The second kappa shape index (κ2) is 6.24. The van der Waals surface area contributed by atoms with E-state index in [2.05, 4.69) is 15.1 Å². The minimum absolute atomic E-state index is 0.0997. The Bertz CT molecular complexity index is 1040. The maximum absolute atomic E-state index is 13.0. The Kier molecular flexibility index (Phi) is 4.35. The summed E-state index contributed by atoms with van der Waals surface area (Å²) in [4.78, 5) is 19.0. The summed E-state index contributed by atoms with van der Waals surface area (Å²) >= 11 is 0. The molecule has 9 heteroatoms. The summed E-state index contributed by atoms with van der Waals surface area (Å²) in [6.07, 6.45) is -4.42. The Labute approximate surface area is 146 Å². The van der Waals surface area contributed by atoms with Gasteiger partial charge in [-0.2, -0.15) is 18.3 Å². The van der Waals surface area contributed by atoms with E-state index in [9.17, 15) is 23.1 Å². The minimum atomic E-state index is -4.42. The first kappa shape index (κ1) is 18.1. The topological polar surface area (TPSA) is 83.8 Å². The zero-order chi connectivity index (χ0) is 19.2. The number of aliphatic hydroxyl groups is 1. The van der Waals surface area contributed by atoms with Gasteiger partial charge in [-0.05, 0) is 38.0 Å². The van der Waals surface area contributed by atoms with Gasteiger partial charge in [0.15, 0.2) is 5.65 Å². The lowest BCUT2D eigenvalue weighted by Crippen LogP contribution is -2.14. The van der Waals surface area contributed by atoms with Gasteiger partial charge in [0, 0.05) is 0 Å². The molecule has 0 radical (unpaired) electrons. The van der Waals surface area contributed by atoms with Crippen LogP contribution >= 0.6 is 0 Å². The highest BCUT2D eigenvalue weighted by molar-refractivity contribution is 5.77. The summed E-state index contributed by atoms with van der Waals surface area (Å²) in [6.45, 7) is 4.31. The first-order valence-electron chi connectivity index (χ1n) is 7.90. The van der Waals surface area contributed by atoms with Gasteiger partial charge in [0.2, 0.25) is 0 Å². The monoisotopic (exact) mass is 366 g/mol. The van der Waals surface area contributed by atoms with E-state index in [1.165, 1.54) is 23.7 Å². The van der Waals surface area contributed by atoms with E-state index in [4.69, 9.17) is 0 Å². The molecule has 0 amide bonds. The molecule has 0 aliphatic heterocycles. The number of aryl methyl sites for hydroxylation is 2. The number of hydrogen-bond donors (Lipinski definition) is 2. The highest BCUT2D eigenvalue weighted by Crippen LogP contribution is 2.33. The Morgan fingerprint density at radius 2 is 2.00 bits per heavy atom. The molecule has 0 aliphatic carbocycles. The first-order valence-corrected chi connectivity index (χ1v) is 7.90. The van der Waals surface area contributed by atoms with Gasteiger partial charge in [-0.15, -0.1) is 0 Å². The molecular weight excluding hydrogens is 349 g/mol. The van der Waals surface area contributed by atoms with Crippen molar-refractivity contribution in [2.75, 3.05) is 0 Å². The van der Waals surface area contributed by atoms with Gasteiger partial charge in [-0.3, -0.25) is 4.79 Å². The molecule has 0 saturated heterocycles. The molecule has 0 unspecified atom stereocenters. The maximum atomic E-state index is 13.0. The standard InChI is InChI=1S/C17H17F3N4O2/c1-8-6-11(4-5-12(8)17(18,19)20)9(2)24-15-14(13(7-25)23-24)16(26)22-10(3)21-15/h4-6,9,25H,7H2,1-3H3,(H,21,22,26)/t9-/m1/s1. The van der Waals surface area contributed by atoms with Crippen molar-refractivity contribution >= 4 is 11.0 Å². The summed E-state index contributed by atoms with van der Waals surface area (Å²) < 4.78 is 40.3. The summed E-state index contributed by atoms with van der Waals surface area (Å²) in [7, 11) is 0. The lowest BCUT2D eigenvalue weighted by atomic mass is 10.0. The maximum Gasteiger partial charge on any atom is 0.416 e. The van der Waals surface area contributed by atoms with Crippen LogP contribution in [0.3, 0.4) is 0 Å². The predicted molar refractivity (Wildman–Crippen MR) is 88.8 cm³/mol. The number of rotatable bonds is 3. The minimum Gasteiger partial charge on any atom is -0.390 e. The normalized spacial score (nSPS) is 13.3. The van der Waals surface area contributed by atoms with Crippen LogP contribution in [0.2, 0.25) is 0 Å². The Morgan fingerprint density at radius 1 is 1.31 bits per heavy atom. The van der Waals surface area contributed by atoms with E-state index in [0.717, 1.165) is 6.07 Å². The van der Waals surface area contributed by atoms with Crippen LogP contribution < -0.4 is 5.56 Å². The molecule has 0 saturated carbocycles. The molecule has 0 aliphatic rings. The number of H-pyrrole nitrogens is 1. The average molecular weight is 366 g/mol. The van der Waals surface area contributed by atoms with Crippen LogP contribution in [0.5, 0.6) is 0 Å². The largest absolute Gasteiger partial charge is 0.416 e. The Hall–Kier alpha value is -2.68. The fourth-order valence-corrected chi connectivity index (χ4v) is 3.01. The Balaban J connectivity index is 2.15. The molecule has 3 rings (SSSR count). The smallest absolute Gasteiger partial charge is 0.390 e. The quantitative estimate of drug-likeness (QED) is 0.747. The third-order valence-corrected chi connectivity index (χ3v) is 4.31. The molecular formula is C17H17F3N4O2. The van der Waals surface area contributed by atoms with Crippen molar-refractivity contribution in [1.82, 2.24) is 19.7 Å². The van der Waals surface area contributed by atoms with Crippen LogP contribution in [0.25, 0.3) is 11.0 Å². The first-order chi connectivity index (χ1) is 12.1. The zero-order valence-corrected chi connectivity index (χ0v) is 14.3. The second-order valence-corrected chi connectivity index (χ2v) is 6.15. The van der Waals surface area contributed by atoms with Crippen LogP contribution in [0.1, 0.15) is 41.2 Å². The number of benzene rings is 1. The summed E-state index contributed by atoms with van der Waals surface area (Å²) in [5.41, 5.74) is 0.0234. The van der Waals surface area contributed by atoms with Crippen molar-refractivity contribution in [3.8, 4) is 0 Å². The predicted octanol–water partition coefficient (Wildman–Crippen LogP) is 2.86.